The fourth-order valence-corrected chi connectivity index (χ4v) is 2.58. The topological polar surface area (TPSA) is 94.3 Å². The molecule has 0 rings (SSSR count). The lowest BCUT2D eigenvalue weighted by Gasteiger charge is -2.41. The average molecular weight is 255 g/mol. The maximum atomic E-state index is 11.9. The number of nitrogens with two attached hydrogens (primary N) is 1. The Bertz CT molecular complexity index is 370. The molecule has 0 aromatic carbocycles. The van der Waals surface area contributed by atoms with Crippen molar-refractivity contribution in [1.82, 2.24) is 0 Å². The van der Waals surface area contributed by atoms with E-state index in [0.717, 1.165) is 13.8 Å². The molecule has 2 N–H and O–H groups in total. The molecular formula is C13H21NO4. The van der Waals surface area contributed by atoms with Gasteiger partial charge in [0, 0.05) is 0 Å². The Morgan fingerprint density at radius 3 is 1.33 bits per heavy atom. The lowest BCUT2D eigenvalue weighted by atomic mass is 9.59. The third-order valence-electron chi connectivity index (χ3n) is 3.61. The molecule has 0 heterocycles. The third-order valence-corrected chi connectivity index (χ3v) is 3.61. The standard InChI is InChI=1S/C13H21NO4/c1-6-7-12(8(2)15,9(3)16)13(14,10(4)17)11(5)18/h6-7,14H2,1-5H3. The molecule has 0 aromatic rings. The van der Waals surface area contributed by atoms with Crippen molar-refractivity contribution in [1.29, 1.82) is 0 Å². The van der Waals surface area contributed by atoms with Gasteiger partial charge in [-0.3, -0.25) is 19.2 Å². The summed E-state index contributed by atoms with van der Waals surface area (Å²) in [6.07, 6.45) is 0.562. The predicted octanol–water partition coefficient (Wildman–Crippen LogP) is 0.826. The lowest BCUT2D eigenvalue weighted by Crippen LogP contribution is -2.69. The van der Waals surface area contributed by atoms with Crippen molar-refractivity contribution < 1.29 is 19.2 Å². The van der Waals surface area contributed by atoms with Crippen LogP contribution in [0.4, 0.5) is 0 Å². The molecule has 0 unspecified atom stereocenters. The van der Waals surface area contributed by atoms with Gasteiger partial charge in [-0.25, -0.2) is 0 Å². The van der Waals surface area contributed by atoms with E-state index < -0.39 is 34.1 Å². The lowest BCUT2D eigenvalue weighted by molar-refractivity contribution is -0.155. The van der Waals surface area contributed by atoms with Gasteiger partial charge in [-0.15, -0.1) is 0 Å². The Hall–Kier alpha value is -1.36. The summed E-state index contributed by atoms with van der Waals surface area (Å²) in [5, 5.41) is 0. The fourth-order valence-electron chi connectivity index (χ4n) is 2.58. The Labute approximate surface area is 107 Å². The van der Waals surface area contributed by atoms with Crippen molar-refractivity contribution in [2.75, 3.05) is 0 Å². The Balaban J connectivity index is 6.29. The molecule has 0 radical (unpaired) electrons. The average Bonchev–Trinajstić information content (AvgIpc) is 2.22. The van der Waals surface area contributed by atoms with E-state index in [1.54, 1.807) is 6.92 Å². The van der Waals surface area contributed by atoms with Crippen molar-refractivity contribution in [2.45, 2.75) is 53.0 Å². The van der Waals surface area contributed by atoms with E-state index in [0.29, 0.717) is 6.42 Å². The largest absolute Gasteiger partial charge is 0.312 e. The van der Waals surface area contributed by atoms with E-state index in [-0.39, 0.29) is 6.42 Å². The molecule has 5 nitrogen and oxygen atoms in total. The van der Waals surface area contributed by atoms with Gasteiger partial charge < -0.3 is 5.73 Å². The molecule has 0 saturated heterocycles. The summed E-state index contributed by atoms with van der Waals surface area (Å²) in [4.78, 5) is 47.5. The molecule has 0 saturated carbocycles. The minimum atomic E-state index is -2.07. The molecule has 0 aliphatic rings. The zero-order valence-corrected chi connectivity index (χ0v) is 11.6. The van der Waals surface area contributed by atoms with Gasteiger partial charge in [-0.2, -0.15) is 0 Å². The quantitative estimate of drug-likeness (QED) is 0.680. The van der Waals surface area contributed by atoms with Gasteiger partial charge in [0.25, 0.3) is 0 Å². The molecule has 0 bridgehead atoms. The van der Waals surface area contributed by atoms with Gasteiger partial charge in [0.1, 0.15) is 17.0 Å². The molecule has 5 heteroatoms. The molecule has 18 heavy (non-hydrogen) atoms. The summed E-state index contributed by atoms with van der Waals surface area (Å²) in [5.74, 6) is -2.39. The number of rotatable bonds is 7. The highest BCUT2D eigenvalue weighted by Gasteiger charge is 2.60. The Morgan fingerprint density at radius 2 is 1.17 bits per heavy atom. The second-order valence-electron chi connectivity index (χ2n) is 4.69. The van der Waals surface area contributed by atoms with E-state index in [4.69, 9.17) is 5.73 Å². The molecule has 0 aliphatic heterocycles. The van der Waals surface area contributed by atoms with E-state index in [1.165, 1.54) is 13.8 Å². The molecule has 0 spiro atoms. The highest BCUT2D eigenvalue weighted by atomic mass is 16.2. The Morgan fingerprint density at radius 1 is 0.833 bits per heavy atom. The minimum Gasteiger partial charge on any atom is -0.312 e. The predicted molar refractivity (Wildman–Crippen MR) is 67.0 cm³/mol. The van der Waals surface area contributed by atoms with Gasteiger partial charge in [0.2, 0.25) is 0 Å². The first-order chi connectivity index (χ1) is 8.08. The fraction of sp³-hybridized carbons (Fsp3) is 0.692. The van der Waals surface area contributed by atoms with Gasteiger partial charge in [-0.1, -0.05) is 13.3 Å². The van der Waals surface area contributed by atoms with Crippen LogP contribution in [0.15, 0.2) is 0 Å². The first kappa shape index (κ1) is 16.6. The number of carbonyl (C=O) groups is 4. The normalized spacial score (nSPS) is 12.1. The Kier molecular flexibility index (Phi) is 5.10. The second-order valence-corrected chi connectivity index (χ2v) is 4.69. The molecule has 0 atom stereocenters. The number of carbonyl (C=O) groups excluding carboxylic acids is 4. The van der Waals surface area contributed by atoms with Crippen LogP contribution in [0.2, 0.25) is 0 Å². The zero-order valence-electron chi connectivity index (χ0n) is 11.6. The monoisotopic (exact) mass is 255 g/mol. The first-order valence-electron chi connectivity index (χ1n) is 5.92. The number of hydrogen-bond acceptors (Lipinski definition) is 5. The first-order valence-corrected chi connectivity index (χ1v) is 5.92. The minimum absolute atomic E-state index is 0.0906. The van der Waals surface area contributed by atoms with E-state index in [2.05, 4.69) is 0 Å². The van der Waals surface area contributed by atoms with E-state index in [1.807, 2.05) is 0 Å². The van der Waals surface area contributed by atoms with Gasteiger partial charge in [-0.05, 0) is 34.1 Å². The van der Waals surface area contributed by atoms with Crippen LogP contribution in [0.1, 0.15) is 47.5 Å². The summed E-state index contributed by atoms with van der Waals surface area (Å²) in [6.45, 7) is 6.44. The van der Waals surface area contributed by atoms with Gasteiger partial charge in [0.15, 0.2) is 17.1 Å². The summed E-state index contributed by atoms with van der Waals surface area (Å²) in [5.41, 5.74) is 2.09. The molecule has 0 fully saturated rings. The third kappa shape index (κ3) is 2.14. The van der Waals surface area contributed by atoms with Gasteiger partial charge in [0.05, 0.1) is 0 Å². The molecule has 102 valence electrons. The molecular weight excluding hydrogens is 234 g/mol. The van der Waals surface area contributed by atoms with Crippen LogP contribution in [0, 0.1) is 5.41 Å². The number of Topliss-reactive ketones (excluding diaryl/α,β-unsaturated/α-hetero) is 4. The van der Waals surface area contributed by atoms with Crippen LogP contribution < -0.4 is 5.73 Å². The summed E-state index contributed by atoms with van der Waals surface area (Å²) < 4.78 is 0. The molecule has 0 aromatic heterocycles. The van der Waals surface area contributed by atoms with Crippen molar-refractivity contribution >= 4 is 23.1 Å². The summed E-state index contributed by atoms with van der Waals surface area (Å²) in [6, 6.07) is 0. The number of ketones is 4. The van der Waals surface area contributed by atoms with Crippen LogP contribution in [-0.2, 0) is 19.2 Å². The van der Waals surface area contributed by atoms with E-state index in [9.17, 15) is 19.2 Å². The maximum Gasteiger partial charge on any atom is 0.158 e. The van der Waals surface area contributed by atoms with E-state index >= 15 is 0 Å². The summed E-state index contributed by atoms with van der Waals surface area (Å²) in [7, 11) is 0. The van der Waals surface area contributed by atoms with Gasteiger partial charge >= 0.3 is 0 Å². The summed E-state index contributed by atoms with van der Waals surface area (Å²) >= 11 is 0. The van der Waals surface area contributed by atoms with Crippen molar-refractivity contribution in [3.05, 3.63) is 0 Å². The number of hydrogen-bond donors (Lipinski definition) is 1. The van der Waals surface area contributed by atoms with Crippen LogP contribution in [0.5, 0.6) is 0 Å². The smallest absolute Gasteiger partial charge is 0.158 e. The van der Waals surface area contributed by atoms with Crippen molar-refractivity contribution in [2.24, 2.45) is 11.1 Å². The molecule has 0 amide bonds. The zero-order chi connectivity index (χ0) is 14.7. The van der Waals surface area contributed by atoms with Crippen molar-refractivity contribution in [3.8, 4) is 0 Å². The van der Waals surface area contributed by atoms with Crippen LogP contribution >= 0.6 is 0 Å². The van der Waals surface area contributed by atoms with Crippen molar-refractivity contribution in [3.63, 3.8) is 0 Å². The molecule has 0 aliphatic carbocycles. The highest BCUT2D eigenvalue weighted by molar-refractivity contribution is 6.22. The highest BCUT2D eigenvalue weighted by Crippen LogP contribution is 2.38. The van der Waals surface area contributed by atoms with Crippen LogP contribution in [0.25, 0.3) is 0 Å². The second kappa shape index (κ2) is 5.52. The SMILES string of the molecule is CCCC(C(C)=O)(C(C)=O)C(N)(C(C)=O)C(C)=O. The van der Waals surface area contributed by atoms with Crippen LogP contribution in [0.3, 0.4) is 0 Å². The van der Waals surface area contributed by atoms with Crippen LogP contribution in [-0.4, -0.2) is 28.7 Å². The maximum absolute atomic E-state index is 11.9.